The normalized spacial score (nSPS) is 8.77. The second-order valence-electron chi connectivity index (χ2n) is 2.56. The van der Waals surface area contributed by atoms with Crippen LogP contribution in [0, 0.1) is 6.92 Å². The average molecular weight is 288 g/mol. The van der Waals surface area contributed by atoms with Crippen molar-refractivity contribution in [1.29, 1.82) is 0 Å². The number of hydrogen-bond acceptors (Lipinski definition) is 2. The fourth-order valence-corrected chi connectivity index (χ4v) is 0.906. The SMILES string of the molecule is Cc1ccc(NC(=O)C[S-])cc1.[Ag+]. The number of aryl methyl sites for hydroxylation is 1. The van der Waals surface area contributed by atoms with Gasteiger partial charge in [0, 0.05) is 5.69 Å². The van der Waals surface area contributed by atoms with Gasteiger partial charge in [-0.2, -0.15) is 0 Å². The van der Waals surface area contributed by atoms with Crippen molar-refractivity contribution in [3.8, 4) is 0 Å². The third-order valence-corrected chi connectivity index (χ3v) is 1.73. The van der Waals surface area contributed by atoms with Crippen molar-refractivity contribution in [3.63, 3.8) is 0 Å². The number of nitrogens with one attached hydrogen (secondary N) is 1. The Morgan fingerprint density at radius 1 is 1.38 bits per heavy atom. The van der Waals surface area contributed by atoms with Crippen molar-refractivity contribution in [1.82, 2.24) is 0 Å². The van der Waals surface area contributed by atoms with E-state index in [9.17, 15) is 4.79 Å². The molecule has 0 fully saturated rings. The third kappa shape index (κ3) is 4.53. The molecule has 1 amide bonds. The molecule has 0 aliphatic heterocycles. The van der Waals surface area contributed by atoms with Gasteiger partial charge in [0.2, 0.25) is 0 Å². The number of carbonyl (C=O) groups excluding carboxylic acids is 1. The minimum absolute atomic E-state index is 0. The zero-order valence-corrected chi connectivity index (χ0v) is 9.43. The summed E-state index contributed by atoms with van der Waals surface area (Å²) in [6.07, 6.45) is 0. The summed E-state index contributed by atoms with van der Waals surface area (Å²) in [5, 5.41) is 2.68. The summed E-state index contributed by atoms with van der Waals surface area (Å²) in [4.78, 5) is 10.9. The molecule has 0 aromatic heterocycles. The Labute approximate surface area is 99.0 Å². The fraction of sp³-hybridized carbons (Fsp3) is 0.222. The molecule has 0 heterocycles. The van der Waals surface area contributed by atoms with E-state index in [4.69, 9.17) is 0 Å². The van der Waals surface area contributed by atoms with Gasteiger partial charge in [-0.3, -0.25) is 4.79 Å². The second kappa shape index (κ2) is 6.27. The first-order valence-corrected chi connectivity index (χ1v) is 4.25. The summed E-state index contributed by atoms with van der Waals surface area (Å²) >= 11 is 4.59. The molecule has 13 heavy (non-hydrogen) atoms. The van der Waals surface area contributed by atoms with Crippen molar-refractivity contribution < 1.29 is 27.2 Å². The van der Waals surface area contributed by atoms with Gasteiger partial charge in [0.05, 0.1) is 0 Å². The van der Waals surface area contributed by atoms with E-state index in [-0.39, 0.29) is 34.0 Å². The second-order valence-corrected chi connectivity index (χ2v) is 2.85. The van der Waals surface area contributed by atoms with E-state index in [0.717, 1.165) is 5.69 Å². The molecule has 1 rings (SSSR count). The maximum absolute atomic E-state index is 10.9. The smallest absolute Gasteiger partial charge is 0.783 e. The van der Waals surface area contributed by atoms with E-state index in [2.05, 4.69) is 17.9 Å². The monoisotopic (exact) mass is 287 g/mol. The van der Waals surface area contributed by atoms with Crippen LogP contribution < -0.4 is 5.32 Å². The Balaban J connectivity index is 0.00000144. The Hall–Kier alpha value is -0.220. The molecule has 0 aliphatic rings. The van der Waals surface area contributed by atoms with Crippen molar-refractivity contribution in [2.75, 3.05) is 11.1 Å². The van der Waals surface area contributed by atoms with Gasteiger partial charge in [-0.1, -0.05) is 23.4 Å². The number of carbonyl (C=O) groups is 1. The van der Waals surface area contributed by atoms with Crippen LogP contribution in [0.15, 0.2) is 24.3 Å². The minimum Gasteiger partial charge on any atom is -0.783 e. The van der Waals surface area contributed by atoms with Gasteiger partial charge in [0.25, 0.3) is 0 Å². The predicted molar refractivity (Wildman–Crippen MR) is 52.0 cm³/mol. The molecular formula is C9H10AgNOS. The Morgan fingerprint density at radius 3 is 2.38 bits per heavy atom. The van der Waals surface area contributed by atoms with E-state index in [1.165, 1.54) is 5.56 Å². The molecule has 0 aliphatic carbocycles. The standard InChI is InChI=1S/C9H11NOS.Ag/c1-7-2-4-8(5-3-7)10-9(11)6-12;/h2-5,12H,6H2,1H3,(H,10,11);/q;+1/p-1. The van der Waals surface area contributed by atoms with E-state index < -0.39 is 0 Å². The zero-order chi connectivity index (χ0) is 8.97. The van der Waals surface area contributed by atoms with Gasteiger partial charge in [0.15, 0.2) is 5.91 Å². The molecule has 0 atom stereocenters. The van der Waals surface area contributed by atoms with Crippen molar-refractivity contribution in [2.45, 2.75) is 6.92 Å². The van der Waals surface area contributed by atoms with Gasteiger partial charge in [-0.25, -0.2) is 0 Å². The number of rotatable bonds is 2. The topological polar surface area (TPSA) is 29.1 Å². The number of benzene rings is 1. The molecule has 4 heteroatoms. The maximum Gasteiger partial charge on any atom is 1.00 e. The minimum atomic E-state index is -0.131. The van der Waals surface area contributed by atoms with Gasteiger partial charge in [-0.15, -0.1) is 0 Å². The first kappa shape index (κ1) is 12.8. The quantitative estimate of drug-likeness (QED) is 0.659. The summed E-state index contributed by atoms with van der Waals surface area (Å²) in [6.45, 7) is 2.00. The third-order valence-electron chi connectivity index (χ3n) is 1.47. The summed E-state index contributed by atoms with van der Waals surface area (Å²) in [5.74, 6) is -0.0257. The van der Waals surface area contributed by atoms with Crippen LogP contribution >= 0.6 is 0 Å². The van der Waals surface area contributed by atoms with Crippen LogP contribution in [0.25, 0.3) is 0 Å². The summed E-state index contributed by atoms with van der Waals surface area (Å²) in [5.41, 5.74) is 1.97. The number of hydrogen-bond donors (Lipinski definition) is 1. The molecule has 74 valence electrons. The summed E-state index contributed by atoms with van der Waals surface area (Å²) in [7, 11) is 0. The first-order valence-electron chi connectivity index (χ1n) is 3.67. The van der Waals surface area contributed by atoms with Crippen molar-refractivity contribution >= 4 is 24.2 Å². The van der Waals surface area contributed by atoms with Crippen LogP contribution in [-0.4, -0.2) is 11.7 Å². The molecule has 0 saturated heterocycles. The largest absolute Gasteiger partial charge is 1.00 e. The average Bonchev–Trinajstić information content (AvgIpc) is 2.09. The van der Waals surface area contributed by atoms with Crippen LogP contribution in [-0.2, 0) is 39.8 Å². The van der Waals surface area contributed by atoms with Crippen LogP contribution in [0.5, 0.6) is 0 Å². The molecule has 0 unspecified atom stereocenters. The number of amides is 1. The Morgan fingerprint density at radius 2 is 1.92 bits per heavy atom. The number of anilines is 1. The Kier molecular flexibility index (Phi) is 6.16. The molecule has 1 N–H and O–H groups in total. The van der Waals surface area contributed by atoms with Crippen LogP contribution in [0.3, 0.4) is 0 Å². The van der Waals surface area contributed by atoms with Crippen LogP contribution in [0.4, 0.5) is 5.69 Å². The van der Waals surface area contributed by atoms with Crippen LogP contribution in [0.1, 0.15) is 5.56 Å². The molecule has 1 aromatic rings. The van der Waals surface area contributed by atoms with Crippen molar-refractivity contribution in [3.05, 3.63) is 29.8 Å². The molecule has 1 aromatic carbocycles. The van der Waals surface area contributed by atoms with Crippen LogP contribution in [0.2, 0.25) is 0 Å². The van der Waals surface area contributed by atoms with Gasteiger partial charge >= 0.3 is 22.4 Å². The molecule has 0 bridgehead atoms. The van der Waals surface area contributed by atoms with Gasteiger partial charge < -0.3 is 17.9 Å². The molecular weight excluding hydrogens is 278 g/mol. The van der Waals surface area contributed by atoms with E-state index in [1.54, 1.807) is 0 Å². The van der Waals surface area contributed by atoms with E-state index in [0.29, 0.717) is 0 Å². The molecule has 0 radical (unpaired) electrons. The summed E-state index contributed by atoms with van der Waals surface area (Å²) in [6, 6.07) is 7.61. The van der Waals surface area contributed by atoms with Crippen molar-refractivity contribution in [2.24, 2.45) is 0 Å². The zero-order valence-electron chi connectivity index (χ0n) is 7.13. The van der Waals surface area contributed by atoms with Gasteiger partial charge in [-0.05, 0) is 19.1 Å². The maximum atomic E-state index is 10.9. The van der Waals surface area contributed by atoms with E-state index >= 15 is 0 Å². The van der Waals surface area contributed by atoms with Gasteiger partial charge in [0.1, 0.15) is 0 Å². The van der Waals surface area contributed by atoms with E-state index in [1.807, 2.05) is 31.2 Å². The molecule has 2 nitrogen and oxygen atoms in total. The predicted octanol–water partition coefficient (Wildman–Crippen LogP) is 1.48. The molecule has 0 spiro atoms. The summed E-state index contributed by atoms with van der Waals surface area (Å²) < 4.78 is 0. The fourth-order valence-electron chi connectivity index (χ4n) is 0.834. The Bertz CT molecular complexity index is 273. The first-order chi connectivity index (χ1) is 5.72. The molecule has 0 saturated carbocycles.